The van der Waals surface area contributed by atoms with Crippen LogP contribution in [-0.4, -0.2) is 11.8 Å². The van der Waals surface area contributed by atoms with Crippen molar-refractivity contribution in [2.24, 2.45) is 0 Å². The average molecular weight is 332 g/mol. The first kappa shape index (κ1) is 18.0. The smallest absolute Gasteiger partial charge is 0.541 e. The fraction of sp³-hybridized carbons (Fsp3) is 0. The molecular weight excluding hydrogens is 324 g/mol. The van der Waals surface area contributed by atoms with Crippen molar-refractivity contribution in [1.82, 2.24) is 0 Å². The Kier molecular flexibility index (Phi) is 6.71. The van der Waals surface area contributed by atoms with Crippen molar-refractivity contribution in [3.8, 4) is 0 Å². The Bertz CT molecular complexity index is 671. The van der Waals surface area contributed by atoms with Crippen molar-refractivity contribution in [2.45, 2.75) is 0 Å². The maximum absolute atomic E-state index is 11.6. The van der Waals surface area contributed by atoms with E-state index >= 15 is 0 Å². The van der Waals surface area contributed by atoms with Gasteiger partial charge in [-0.1, -0.05) is 41.4 Å². The van der Waals surface area contributed by atoms with E-state index in [1.165, 1.54) is 6.07 Å². The molecule has 0 fully saturated rings. The third-order valence-electron chi connectivity index (χ3n) is 2.58. The molecule has 0 bridgehead atoms. The predicted molar refractivity (Wildman–Crippen MR) is 75.5 cm³/mol. The summed E-state index contributed by atoms with van der Waals surface area (Å²) in [5, 5.41) is 14.3. The Morgan fingerprint density at radius 1 is 0.952 bits per heavy atom. The van der Waals surface area contributed by atoms with Crippen molar-refractivity contribution in [3.63, 3.8) is 0 Å². The first-order chi connectivity index (χ1) is 9.50. The van der Waals surface area contributed by atoms with E-state index in [2.05, 4.69) is 5.32 Å². The van der Waals surface area contributed by atoms with Gasteiger partial charge in [-0.15, -0.1) is 0 Å². The molecule has 7 heteroatoms. The molecule has 21 heavy (non-hydrogen) atoms. The van der Waals surface area contributed by atoms with Crippen LogP contribution in [0.4, 0.5) is 11.4 Å². The zero-order valence-electron chi connectivity index (χ0n) is 11.0. The summed E-state index contributed by atoms with van der Waals surface area (Å²) in [6, 6.07) is 11.1. The molecule has 0 aromatic heterocycles. The maximum atomic E-state index is 11.6. The molecule has 4 nitrogen and oxygen atoms in total. The van der Waals surface area contributed by atoms with Gasteiger partial charge in [0.15, 0.2) is 0 Å². The molecule has 0 radical (unpaired) electrons. The van der Waals surface area contributed by atoms with Gasteiger partial charge in [0.05, 0.1) is 15.7 Å². The van der Waals surface area contributed by atoms with Gasteiger partial charge >= 0.3 is 29.6 Å². The molecule has 2 aromatic carbocycles. The number of para-hydroxylation sites is 2. The Hall–Kier alpha value is -1.04. The number of hydrogen-bond donors (Lipinski definition) is 1. The first-order valence-electron chi connectivity index (χ1n) is 5.56. The average Bonchev–Trinajstić information content (AvgIpc) is 2.42. The Labute approximate surface area is 153 Å². The third kappa shape index (κ3) is 4.22. The van der Waals surface area contributed by atoms with Gasteiger partial charge in [0.1, 0.15) is 5.97 Å². The number of hydrogen-bond acceptors (Lipinski definition) is 4. The van der Waals surface area contributed by atoms with Crippen LogP contribution in [0.5, 0.6) is 0 Å². The van der Waals surface area contributed by atoms with Crippen LogP contribution in [0.3, 0.4) is 0 Å². The number of anilines is 2. The van der Waals surface area contributed by atoms with Crippen LogP contribution < -0.4 is 40.0 Å². The van der Waals surface area contributed by atoms with Crippen LogP contribution in [-0.2, 0) is 4.79 Å². The molecule has 0 aliphatic carbocycles. The summed E-state index contributed by atoms with van der Waals surface area (Å²) >= 11 is 12.0. The molecule has 102 valence electrons. The first-order valence-corrected chi connectivity index (χ1v) is 6.32. The maximum Gasteiger partial charge on any atom is 1.00 e. The number of nitrogens with one attached hydrogen (secondary N) is 1. The van der Waals surface area contributed by atoms with Gasteiger partial charge in [0, 0.05) is 11.3 Å². The van der Waals surface area contributed by atoms with Gasteiger partial charge in [0.2, 0.25) is 5.78 Å². The van der Waals surface area contributed by atoms with E-state index in [1.54, 1.807) is 36.4 Å². The number of Topliss-reactive ketones (excluding diaryl/α,β-unsaturated/α-hetero) is 1. The molecule has 0 aliphatic heterocycles. The van der Waals surface area contributed by atoms with Crippen molar-refractivity contribution in [1.29, 1.82) is 0 Å². The van der Waals surface area contributed by atoms with Crippen molar-refractivity contribution in [3.05, 3.63) is 58.1 Å². The second-order valence-electron chi connectivity index (χ2n) is 3.88. The van der Waals surface area contributed by atoms with Crippen LogP contribution in [0.1, 0.15) is 10.4 Å². The fourth-order valence-electron chi connectivity index (χ4n) is 1.65. The summed E-state index contributed by atoms with van der Waals surface area (Å²) in [5.74, 6) is -2.89. The van der Waals surface area contributed by atoms with Crippen molar-refractivity contribution < 1.29 is 44.3 Å². The van der Waals surface area contributed by atoms with Gasteiger partial charge < -0.3 is 15.2 Å². The van der Waals surface area contributed by atoms with Crippen LogP contribution in [0, 0.1) is 0 Å². The Balaban J connectivity index is 0.00000220. The number of rotatable bonds is 4. The number of aliphatic carboxylic acids is 1. The van der Waals surface area contributed by atoms with E-state index in [4.69, 9.17) is 23.2 Å². The number of carboxylic acids is 1. The van der Waals surface area contributed by atoms with Crippen molar-refractivity contribution in [2.75, 3.05) is 5.32 Å². The quantitative estimate of drug-likeness (QED) is 0.473. The minimum Gasteiger partial charge on any atom is -0.541 e. The largest absolute Gasteiger partial charge is 1.00 e. The molecule has 1 N–H and O–H groups in total. The van der Waals surface area contributed by atoms with Gasteiger partial charge in [-0.25, -0.2) is 0 Å². The molecule has 0 atom stereocenters. The molecule has 2 aromatic rings. The number of halogens is 2. The van der Waals surface area contributed by atoms with Gasteiger partial charge in [-0.2, -0.15) is 0 Å². The summed E-state index contributed by atoms with van der Waals surface area (Å²) in [6.45, 7) is 0. The van der Waals surface area contributed by atoms with Crippen molar-refractivity contribution >= 4 is 46.3 Å². The zero-order valence-corrected chi connectivity index (χ0v) is 14.5. The number of benzene rings is 2. The second-order valence-corrected chi connectivity index (χ2v) is 4.70. The van der Waals surface area contributed by atoms with E-state index in [0.29, 0.717) is 15.7 Å². The molecule has 0 unspecified atom stereocenters. The minimum atomic E-state index is -1.77. The van der Waals surface area contributed by atoms with Gasteiger partial charge in [-0.3, -0.25) is 4.79 Å². The van der Waals surface area contributed by atoms with Crippen LogP contribution in [0.15, 0.2) is 42.5 Å². The zero-order chi connectivity index (χ0) is 14.7. The predicted octanol–water partition coefficient (Wildman–Crippen LogP) is -0.326. The third-order valence-corrected chi connectivity index (χ3v) is 3.21. The van der Waals surface area contributed by atoms with E-state index in [0.717, 1.165) is 0 Å². The number of carbonyl (C=O) groups is 2. The Morgan fingerprint density at radius 3 is 2.10 bits per heavy atom. The SMILES string of the molecule is O=C([O-])C(=O)c1ccccc1Nc1c(Cl)cccc1Cl.[Na+]. The van der Waals surface area contributed by atoms with E-state index in [9.17, 15) is 14.7 Å². The molecule has 2 rings (SSSR count). The molecular formula is C14H8Cl2NNaO3. The van der Waals surface area contributed by atoms with Crippen LogP contribution >= 0.6 is 23.2 Å². The van der Waals surface area contributed by atoms with Crippen LogP contribution in [0.25, 0.3) is 0 Å². The summed E-state index contributed by atoms with van der Waals surface area (Å²) < 4.78 is 0. The summed E-state index contributed by atoms with van der Waals surface area (Å²) in [7, 11) is 0. The van der Waals surface area contributed by atoms with Crippen LogP contribution in [0.2, 0.25) is 10.0 Å². The summed E-state index contributed by atoms with van der Waals surface area (Å²) in [4.78, 5) is 22.3. The Morgan fingerprint density at radius 2 is 1.52 bits per heavy atom. The topological polar surface area (TPSA) is 69.2 Å². The van der Waals surface area contributed by atoms with Gasteiger partial charge in [0.25, 0.3) is 0 Å². The fourth-order valence-corrected chi connectivity index (χ4v) is 2.14. The summed E-state index contributed by atoms with van der Waals surface area (Å²) in [6.07, 6.45) is 0. The number of carbonyl (C=O) groups excluding carboxylic acids is 2. The molecule has 0 saturated heterocycles. The molecule has 0 heterocycles. The number of ketones is 1. The number of carboxylic acid groups (broad SMARTS) is 1. The van der Waals surface area contributed by atoms with E-state index < -0.39 is 11.8 Å². The molecule has 0 saturated carbocycles. The minimum absolute atomic E-state index is 0. The standard InChI is InChI=1S/C14H9Cl2NO3.Na/c15-9-5-3-6-10(16)12(9)17-11-7-2-1-4-8(11)13(18)14(19)20;/h1-7,17H,(H,19,20);/q;+1/p-1. The molecule has 0 aliphatic rings. The van der Waals surface area contributed by atoms with E-state index in [-0.39, 0.29) is 40.8 Å². The second kappa shape index (κ2) is 7.82. The summed E-state index contributed by atoms with van der Waals surface area (Å²) in [5.41, 5.74) is 0.662. The van der Waals surface area contributed by atoms with E-state index in [1.807, 2.05) is 0 Å². The molecule has 0 amide bonds. The van der Waals surface area contributed by atoms with Gasteiger partial charge in [-0.05, 0) is 24.3 Å². The molecule has 0 spiro atoms. The monoisotopic (exact) mass is 331 g/mol. The normalized spacial score (nSPS) is 9.62.